The standard InChI is InChI=1S/C36H41FN4O2.2C2H6/c1-35(2,37)24-38-34(43)36(29-15-7-5-13-27(29)28-14-6-8-16-30(28)36)19-10-11-20-41-21-18-26(23-41)39-33(42)32-22-25-12-4-9-17-31(25)40(32)3;2*1-2/h4-9,12-17,22,26H,10-11,18-21,23-24H2,1-3H3,(H,38,43)(H,39,42);2*1-2H3. The van der Waals surface area contributed by atoms with E-state index < -0.39 is 11.1 Å². The fraction of sp³-hybridized carbons (Fsp3) is 0.450. The maximum Gasteiger partial charge on any atom is 0.268 e. The van der Waals surface area contributed by atoms with Gasteiger partial charge in [0, 0.05) is 37.1 Å². The first-order valence-electron chi connectivity index (χ1n) is 17.4. The van der Waals surface area contributed by atoms with Gasteiger partial charge in [-0.05, 0) is 74.0 Å². The van der Waals surface area contributed by atoms with Crippen molar-refractivity contribution >= 4 is 22.7 Å². The minimum Gasteiger partial charge on any atom is -0.352 e. The number of carbonyl (C=O) groups excluding carboxylic acids is 2. The normalized spacial score (nSPS) is 16.3. The summed E-state index contributed by atoms with van der Waals surface area (Å²) in [5.74, 6) is -0.165. The van der Waals surface area contributed by atoms with Crippen LogP contribution in [0.2, 0.25) is 0 Å². The van der Waals surface area contributed by atoms with Crippen LogP contribution in [0.4, 0.5) is 4.39 Å². The summed E-state index contributed by atoms with van der Waals surface area (Å²) in [4.78, 5) is 29.5. The summed E-state index contributed by atoms with van der Waals surface area (Å²) in [6, 6.07) is 26.4. The summed E-state index contributed by atoms with van der Waals surface area (Å²) in [6.45, 7) is 13.6. The van der Waals surface area contributed by atoms with Gasteiger partial charge in [-0.2, -0.15) is 0 Å². The average Bonchev–Trinajstić information content (AvgIpc) is 3.77. The average molecular weight is 641 g/mol. The third-order valence-corrected chi connectivity index (χ3v) is 9.19. The van der Waals surface area contributed by atoms with E-state index >= 15 is 0 Å². The van der Waals surface area contributed by atoms with E-state index in [1.54, 1.807) is 0 Å². The number of nitrogens with zero attached hydrogens (tertiary/aromatic N) is 2. The lowest BCUT2D eigenvalue weighted by atomic mass is 9.73. The molecule has 1 atom stereocenters. The van der Waals surface area contributed by atoms with Gasteiger partial charge in [0.1, 0.15) is 16.8 Å². The number of carbonyl (C=O) groups is 2. The second kappa shape index (κ2) is 15.7. The smallest absolute Gasteiger partial charge is 0.268 e. The van der Waals surface area contributed by atoms with Crippen molar-refractivity contribution in [3.8, 4) is 11.1 Å². The Balaban J connectivity index is 0.00000120. The quantitative estimate of drug-likeness (QED) is 0.173. The second-order valence-electron chi connectivity index (χ2n) is 12.8. The molecule has 0 bridgehead atoms. The van der Waals surface area contributed by atoms with Crippen molar-refractivity contribution in [2.45, 2.75) is 84.4 Å². The minimum atomic E-state index is -1.50. The number of para-hydroxylation sites is 1. The Kier molecular flexibility index (Phi) is 12.0. The molecule has 4 aromatic rings. The maximum absolute atomic E-state index is 14.5. The van der Waals surface area contributed by atoms with Crippen molar-refractivity contribution in [2.24, 2.45) is 7.05 Å². The zero-order chi connectivity index (χ0) is 34.2. The van der Waals surface area contributed by atoms with Gasteiger partial charge in [0.15, 0.2) is 0 Å². The van der Waals surface area contributed by atoms with Crippen LogP contribution in [0.3, 0.4) is 0 Å². The Morgan fingerprint density at radius 1 is 0.894 bits per heavy atom. The summed E-state index contributed by atoms with van der Waals surface area (Å²) in [5, 5.41) is 7.26. The van der Waals surface area contributed by atoms with E-state index in [9.17, 15) is 14.0 Å². The number of aromatic nitrogens is 1. The highest BCUT2D eigenvalue weighted by atomic mass is 19.1. The first-order valence-corrected chi connectivity index (χ1v) is 17.4. The summed E-state index contributed by atoms with van der Waals surface area (Å²) in [7, 11) is 1.94. The molecular formula is C40H53FN4O2. The SMILES string of the molecule is CC.CC.Cn1c(C(=O)NC2CCN(CCCCC3(C(=O)NCC(C)(C)F)c4ccccc4-c4ccccc43)C2)cc2ccccc21. The van der Waals surface area contributed by atoms with Gasteiger partial charge in [-0.25, -0.2) is 4.39 Å². The van der Waals surface area contributed by atoms with Crippen molar-refractivity contribution in [1.29, 1.82) is 0 Å². The van der Waals surface area contributed by atoms with Gasteiger partial charge in [-0.3, -0.25) is 9.59 Å². The number of hydrogen-bond acceptors (Lipinski definition) is 3. The highest BCUT2D eigenvalue weighted by Crippen LogP contribution is 2.51. The highest BCUT2D eigenvalue weighted by molar-refractivity contribution is 6.01. The van der Waals surface area contributed by atoms with Crippen molar-refractivity contribution in [3.05, 3.63) is 95.7 Å². The van der Waals surface area contributed by atoms with E-state index in [0.717, 1.165) is 72.1 Å². The molecule has 1 fully saturated rings. The topological polar surface area (TPSA) is 66.4 Å². The van der Waals surface area contributed by atoms with Gasteiger partial charge >= 0.3 is 0 Å². The number of aryl methyl sites for hydroxylation is 1. The zero-order valence-electron chi connectivity index (χ0n) is 29.3. The molecule has 1 aromatic heterocycles. The number of fused-ring (bicyclic) bond motifs is 4. The minimum absolute atomic E-state index is 0.0302. The van der Waals surface area contributed by atoms with Crippen LogP contribution in [0.1, 0.15) is 88.8 Å². The Morgan fingerprint density at radius 2 is 1.49 bits per heavy atom. The lowest BCUT2D eigenvalue weighted by Crippen LogP contribution is -2.47. The first kappa shape index (κ1) is 35.9. The van der Waals surface area contributed by atoms with E-state index in [1.807, 2.05) is 93.9 Å². The van der Waals surface area contributed by atoms with Crippen LogP contribution in [0.5, 0.6) is 0 Å². The molecule has 2 heterocycles. The molecule has 47 heavy (non-hydrogen) atoms. The lowest BCUT2D eigenvalue weighted by Gasteiger charge is -2.32. The van der Waals surface area contributed by atoms with E-state index in [-0.39, 0.29) is 24.4 Å². The van der Waals surface area contributed by atoms with Gasteiger partial charge in [-0.1, -0.05) is 101 Å². The number of rotatable bonds is 10. The monoisotopic (exact) mass is 640 g/mol. The van der Waals surface area contributed by atoms with Crippen LogP contribution >= 0.6 is 0 Å². The molecule has 6 rings (SSSR count). The van der Waals surface area contributed by atoms with Crippen LogP contribution in [-0.4, -0.2) is 59.2 Å². The Morgan fingerprint density at radius 3 is 2.11 bits per heavy atom. The third kappa shape index (κ3) is 7.62. The molecule has 6 nitrogen and oxygen atoms in total. The van der Waals surface area contributed by atoms with Gasteiger partial charge in [0.25, 0.3) is 5.91 Å². The fourth-order valence-electron chi connectivity index (χ4n) is 7.04. The molecule has 1 aliphatic heterocycles. The largest absolute Gasteiger partial charge is 0.352 e. The number of likely N-dealkylation sites (tertiary alicyclic amines) is 1. The molecule has 1 saturated heterocycles. The van der Waals surface area contributed by atoms with Crippen molar-refractivity contribution in [1.82, 2.24) is 20.1 Å². The van der Waals surface area contributed by atoms with Crippen molar-refractivity contribution < 1.29 is 14.0 Å². The molecule has 7 heteroatoms. The predicted octanol–water partition coefficient (Wildman–Crippen LogP) is 8.04. The highest BCUT2D eigenvalue weighted by Gasteiger charge is 2.48. The van der Waals surface area contributed by atoms with Crippen LogP contribution in [0.15, 0.2) is 78.9 Å². The van der Waals surface area contributed by atoms with Gasteiger partial charge in [-0.15, -0.1) is 0 Å². The number of unbranched alkanes of at least 4 members (excludes halogenated alkanes) is 1. The number of alkyl halides is 1. The number of amides is 2. The van der Waals surface area contributed by atoms with Crippen LogP contribution in [-0.2, 0) is 17.3 Å². The summed E-state index contributed by atoms with van der Waals surface area (Å²) >= 11 is 0. The van der Waals surface area contributed by atoms with E-state index in [1.165, 1.54) is 13.8 Å². The molecule has 252 valence electrons. The van der Waals surface area contributed by atoms with E-state index in [0.29, 0.717) is 12.1 Å². The molecule has 2 N–H and O–H groups in total. The Labute approximate surface area is 280 Å². The van der Waals surface area contributed by atoms with Crippen LogP contribution in [0.25, 0.3) is 22.0 Å². The van der Waals surface area contributed by atoms with Crippen molar-refractivity contribution in [2.75, 3.05) is 26.2 Å². The Bertz CT molecular complexity index is 1610. The number of nitrogens with one attached hydrogen (secondary N) is 2. The molecule has 0 saturated carbocycles. The summed E-state index contributed by atoms with van der Waals surface area (Å²) in [5.41, 5.74) is 3.55. The first-order chi connectivity index (χ1) is 22.7. The van der Waals surface area contributed by atoms with Gasteiger partial charge in [0.2, 0.25) is 5.91 Å². The van der Waals surface area contributed by atoms with Crippen molar-refractivity contribution in [3.63, 3.8) is 0 Å². The fourth-order valence-corrected chi connectivity index (χ4v) is 7.04. The zero-order valence-corrected chi connectivity index (χ0v) is 29.3. The molecule has 2 aliphatic rings. The molecule has 0 spiro atoms. The molecular weight excluding hydrogens is 587 g/mol. The third-order valence-electron chi connectivity index (χ3n) is 9.19. The molecule has 3 aromatic carbocycles. The maximum atomic E-state index is 14.5. The van der Waals surface area contributed by atoms with Gasteiger partial charge < -0.3 is 20.1 Å². The Hall–Kier alpha value is -3.97. The second-order valence-corrected chi connectivity index (χ2v) is 12.8. The van der Waals surface area contributed by atoms with E-state index in [2.05, 4.69) is 39.8 Å². The van der Waals surface area contributed by atoms with E-state index in [4.69, 9.17) is 0 Å². The predicted molar refractivity (Wildman–Crippen MR) is 193 cm³/mol. The molecule has 2 amide bonds. The molecule has 1 unspecified atom stereocenters. The number of halogens is 1. The summed E-state index contributed by atoms with van der Waals surface area (Å²) < 4.78 is 16.4. The van der Waals surface area contributed by atoms with Gasteiger partial charge in [0.05, 0.1) is 6.54 Å². The molecule has 1 aliphatic carbocycles. The number of hydrogen-bond donors (Lipinski definition) is 2. The van der Waals surface area contributed by atoms with Crippen LogP contribution in [0, 0.1) is 0 Å². The number of benzene rings is 3. The summed E-state index contributed by atoms with van der Waals surface area (Å²) in [6.07, 6.45) is 3.34. The van der Waals surface area contributed by atoms with Crippen LogP contribution < -0.4 is 10.6 Å². The molecule has 0 radical (unpaired) electrons. The lowest BCUT2D eigenvalue weighted by molar-refractivity contribution is -0.126.